The van der Waals surface area contributed by atoms with Crippen LogP contribution in [-0.2, 0) is 11.2 Å². The van der Waals surface area contributed by atoms with Gasteiger partial charge in [-0.3, -0.25) is 9.89 Å². The number of hydrogen-bond acceptors (Lipinski definition) is 3. The third-order valence-corrected chi connectivity index (χ3v) is 6.01. The molecule has 0 saturated heterocycles. The molecule has 2 heterocycles. The molecule has 6 heteroatoms. The molecule has 1 aromatic heterocycles. The van der Waals surface area contributed by atoms with Crippen LogP contribution in [0.2, 0.25) is 5.15 Å². The maximum absolute atomic E-state index is 13.7. The van der Waals surface area contributed by atoms with Crippen molar-refractivity contribution in [3.05, 3.63) is 76.3 Å². The lowest BCUT2D eigenvalue weighted by atomic mass is 9.83. The molecule has 4 rings (SSSR count). The number of allylic oxidation sites excluding steroid dienone is 2. The van der Waals surface area contributed by atoms with Crippen molar-refractivity contribution in [2.24, 2.45) is 5.92 Å². The van der Waals surface area contributed by atoms with Gasteiger partial charge >= 0.3 is 0 Å². The van der Waals surface area contributed by atoms with Gasteiger partial charge in [-0.15, -0.1) is 0 Å². The average molecular weight is 439 g/mol. The zero-order chi connectivity index (χ0) is 22.1. The van der Waals surface area contributed by atoms with Crippen molar-refractivity contribution < 1.29 is 13.9 Å². The Labute approximate surface area is 186 Å². The molecule has 1 atom stereocenters. The largest absolute Gasteiger partial charge is 0.493 e. The van der Waals surface area contributed by atoms with E-state index in [4.69, 9.17) is 16.3 Å². The fraction of sp³-hybridized carbons (Fsp3) is 0.280. The van der Waals surface area contributed by atoms with Crippen molar-refractivity contribution in [2.45, 2.75) is 33.1 Å². The minimum absolute atomic E-state index is 0.00778. The molecule has 4 nitrogen and oxygen atoms in total. The zero-order valence-corrected chi connectivity index (χ0v) is 18.5. The van der Waals surface area contributed by atoms with Gasteiger partial charge in [-0.2, -0.15) is 5.10 Å². The number of halogens is 2. The van der Waals surface area contributed by atoms with Crippen molar-refractivity contribution in [2.75, 3.05) is 6.61 Å². The summed E-state index contributed by atoms with van der Waals surface area (Å²) >= 11 is 6.22. The summed E-state index contributed by atoms with van der Waals surface area (Å²) in [6, 6.07) is 10.4. The lowest BCUT2D eigenvalue weighted by Crippen LogP contribution is -2.29. The number of fused-ring (bicyclic) bond motifs is 1. The second-order valence-electron chi connectivity index (χ2n) is 8.09. The Kier molecular flexibility index (Phi) is 5.96. The smallest absolute Gasteiger partial charge is 0.169 e. The summed E-state index contributed by atoms with van der Waals surface area (Å²) in [7, 11) is 0. The van der Waals surface area contributed by atoms with Crippen LogP contribution < -0.4 is 4.74 Å². The highest BCUT2D eigenvalue weighted by molar-refractivity contribution is 6.32. The maximum atomic E-state index is 13.7. The van der Waals surface area contributed by atoms with Gasteiger partial charge in [0.15, 0.2) is 5.78 Å². The summed E-state index contributed by atoms with van der Waals surface area (Å²) in [6.45, 7) is 6.35. The van der Waals surface area contributed by atoms with Gasteiger partial charge in [0.25, 0.3) is 0 Å². The van der Waals surface area contributed by atoms with E-state index < -0.39 is 0 Å². The van der Waals surface area contributed by atoms with Crippen molar-refractivity contribution >= 4 is 23.0 Å². The molecule has 1 N–H and O–H groups in total. The minimum atomic E-state index is -0.358. The Morgan fingerprint density at radius 3 is 2.77 bits per heavy atom. The van der Waals surface area contributed by atoms with Crippen molar-refractivity contribution in [1.82, 2.24) is 10.2 Å². The number of carbonyl (C=O) groups is 1. The van der Waals surface area contributed by atoms with Gasteiger partial charge in [-0.05, 0) is 59.7 Å². The highest BCUT2D eigenvalue weighted by Crippen LogP contribution is 2.36. The Balaban J connectivity index is 1.67. The van der Waals surface area contributed by atoms with Crippen LogP contribution in [0, 0.1) is 11.7 Å². The summed E-state index contributed by atoms with van der Waals surface area (Å²) in [5.41, 5.74) is 5.11. The normalized spacial score (nSPS) is 16.2. The van der Waals surface area contributed by atoms with Gasteiger partial charge in [0.05, 0.1) is 18.7 Å². The first kappa shape index (κ1) is 21.3. The monoisotopic (exact) mass is 438 g/mol. The molecule has 0 spiro atoms. The number of aromatic nitrogens is 2. The molecular weight excluding hydrogens is 415 g/mol. The molecule has 0 amide bonds. The number of H-pyrrole nitrogens is 1. The van der Waals surface area contributed by atoms with E-state index in [1.807, 2.05) is 25.1 Å². The van der Waals surface area contributed by atoms with Gasteiger partial charge in [-0.1, -0.05) is 49.7 Å². The maximum Gasteiger partial charge on any atom is 0.169 e. The van der Waals surface area contributed by atoms with Crippen molar-refractivity contribution in [3.8, 4) is 16.9 Å². The molecule has 0 saturated carbocycles. The SMILES string of the molecule is C/C=C(/C(=O)C1COc2ccc(F)cc2C1)c1ccc(-c2cn[nH]c2Cl)cc1C(C)C. The summed E-state index contributed by atoms with van der Waals surface area (Å²) in [5, 5.41) is 7.23. The lowest BCUT2D eigenvalue weighted by Gasteiger charge is -2.26. The molecule has 3 aromatic rings. The van der Waals surface area contributed by atoms with Crippen molar-refractivity contribution in [1.29, 1.82) is 0 Å². The molecule has 0 bridgehead atoms. The van der Waals surface area contributed by atoms with E-state index in [0.29, 0.717) is 22.9 Å². The van der Waals surface area contributed by atoms with E-state index in [-0.39, 0.29) is 30.0 Å². The third kappa shape index (κ3) is 4.15. The first-order valence-corrected chi connectivity index (χ1v) is 10.7. The number of carbonyl (C=O) groups excluding carboxylic acids is 1. The second-order valence-corrected chi connectivity index (χ2v) is 8.46. The lowest BCUT2D eigenvalue weighted by molar-refractivity contribution is -0.118. The first-order chi connectivity index (χ1) is 14.9. The van der Waals surface area contributed by atoms with Crippen LogP contribution in [0.4, 0.5) is 4.39 Å². The molecule has 31 heavy (non-hydrogen) atoms. The van der Waals surface area contributed by atoms with Gasteiger partial charge in [0.2, 0.25) is 0 Å². The third-order valence-electron chi connectivity index (χ3n) is 5.72. The molecule has 0 fully saturated rings. The number of nitrogens with zero attached hydrogens (tertiary/aromatic N) is 1. The average Bonchev–Trinajstić information content (AvgIpc) is 3.19. The van der Waals surface area contributed by atoms with Crippen LogP contribution in [0.3, 0.4) is 0 Å². The van der Waals surface area contributed by atoms with Crippen molar-refractivity contribution in [3.63, 3.8) is 0 Å². The van der Waals surface area contributed by atoms with E-state index in [9.17, 15) is 9.18 Å². The summed E-state index contributed by atoms with van der Waals surface area (Å²) in [6.07, 6.45) is 4.01. The van der Waals surface area contributed by atoms with Gasteiger partial charge in [0.1, 0.15) is 16.7 Å². The predicted molar refractivity (Wildman–Crippen MR) is 121 cm³/mol. The molecule has 0 radical (unpaired) electrons. The first-order valence-electron chi connectivity index (χ1n) is 10.3. The zero-order valence-electron chi connectivity index (χ0n) is 17.7. The molecule has 2 aromatic carbocycles. The summed E-state index contributed by atoms with van der Waals surface area (Å²) < 4.78 is 19.4. The van der Waals surface area contributed by atoms with Crippen LogP contribution in [0.5, 0.6) is 5.75 Å². The van der Waals surface area contributed by atoms with Gasteiger partial charge in [-0.25, -0.2) is 4.39 Å². The number of benzene rings is 2. The number of hydrogen-bond donors (Lipinski definition) is 1. The standard InChI is InChI=1S/C25H24ClFN2O2/c1-4-19(24(30)17-9-16-10-18(27)6-8-23(16)31-13-17)20-7-5-15(11-21(20)14(2)3)22-12-28-29-25(22)26/h4-8,10-12,14,17H,9,13H2,1-3H3,(H,28,29)/b19-4+. The minimum Gasteiger partial charge on any atom is -0.493 e. The number of ketones is 1. The Morgan fingerprint density at radius 2 is 2.10 bits per heavy atom. The van der Waals surface area contributed by atoms with Crippen LogP contribution >= 0.6 is 11.6 Å². The Morgan fingerprint density at radius 1 is 1.29 bits per heavy atom. The molecule has 160 valence electrons. The van der Waals surface area contributed by atoms with Crippen LogP contribution in [-0.4, -0.2) is 22.6 Å². The molecule has 1 aliphatic heterocycles. The number of rotatable bonds is 5. The van der Waals surface area contributed by atoms with Crippen LogP contribution in [0.15, 0.2) is 48.7 Å². The number of nitrogens with one attached hydrogen (secondary N) is 1. The predicted octanol–water partition coefficient (Wildman–Crippen LogP) is 6.22. The molecule has 0 aliphatic carbocycles. The van der Waals surface area contributed by atoms with E-state index in [1.54, 1.807) is 12.3 Å². The van der Waals surface area contributed by atoms with Gasteiger partial charge in [0, 0.05) is 11.1 Å². The Hall–Kier alpha value is -2.92. The quantitative estimate of drug-likeness (QED) is 0.481. The molecular formula is C25H24ClFN2O2. The van der Waals surface area contributed by atoms with Crippen LogP contribution in [0.1, 0.15) is 43.4 Å². The number of aromatic amines is 1. The van der Waals surface area contributed by atoms with Gasteiger partial charge < -0.3 is 4.74 Å². The Bertz CT molecular complexity index is 1170. The summed E-state index contributed by atoms with van der Waals surface area (Å²) in [4.78, 5) is 13.5. The van der Waals surface area contributed by atoms with E-state index >= 15 is 0 Å². The number of Topliss-reactive ketones (excluding diaryl/α,β-unsaturated/α-hetero) is 1. The summed E-state index contributed by atoms with van der Waals surface area (Å²) in [5.74, 6) is 0.173. The fourth-order valence-electron chi connectivity index (χ4n) is 4.11. The van der Waals surface area contributed by atoms with E-state index in [0.717, 1.165) is 27.8 Å². The molecule has 1 unspecified atom stereocenters. The highest BCUT2D eigenvalue weighted by atomic mass is 35.5. The van der Waals surface area contributed by atoms with Crippen LogP contribution in [0.25, 0.3) is 16.7 Å². The van der Waals surface area contributed by atoms with E-state index in [1.165, 1.54) is 12.1 Å². The molecule has 1 aliphatic rings. The second kappa shape index (κ2) is 8.67. The van der Waals surface area contributed by atoms with E-state index in [2.05, 4.69) is 30.1 Å². The number of ether oxygens (including phenoxy) is 1. The highest BCUT2D eigenvalue weighted by Gasteiger charge is 2.30. The topological polar surface area (TPSA) is 55.0 Å². The fourth-order valence-corrected chi connectivity index (χ4v) is 4.31.